The van der Waals surface area contributed by atoms with E-state index in [1.165, 1.54) is 4.90 Å². The molecule has 0 atom stereocenters. The van der Waals surface area contributed by atoms with Crippen molar-refractivity contribution in [2.75, 3.05) is 17.7 Å². The minimum atomic E-state index is -0.241. The first kappa shape index (κ1) is 18.3. The number of carbonyl (C=O) groups excluding carboxylic acids is 3. The van der Waals surface area contributed by atoms with Gasteiger partial charge in [-0.1, -0.05) is 54.2 Å². The van der Waals surface area contributed by atoms with E-state index in [0.717, 1.165) is 33.8 Å². The van der Waals surface area contributed by atoms with E-state index in [9.17, 15) is 14.4 Å². The lowest BCUT2D eigenvalue weighted by Gasteiger charge is -2.19. The van der Waals surface area contributed by atoms with Crippen LogP contribution >= 0.6 is 11.8 Å². The van der Waals surface area contributed by atoms with E-state index in [1.807, 2.05) is 48.5 Å². The van der Waals surface area contributed by atoms with Gasteiger partial charge in [-0.2, -0.15) is 0 Å². The Morgan fingerprint density at radius 2 is 1.79 bits per heavy atom. The number of fused-ring (bicyclic) bond motifs is 1. The number of rotatable bonds is 4. The summed E-state index contributed by atoms with van der Waals surface area (Å²) in [7, 11) is 1.74. The van der Waals surface area contributed by atoms with E-state index in [-0.39, 0.29) is 29.4 Å². The number of hydrogen-bond donors (Lipinski definition) is 0. The van der Waals surface area contributed by atoms with Crippen molar-refractivity contribution in [3.63, 3.8) is 0 Å². The van der Waals surface area contributed by atoms with Gasteiger partial charge in [-0.15, -0.1) is 0 Å². The van der Waals surface area contributed by atoms with E-state index in [4.69, 9.17) is 0 Å². The summed E-state index contributed by atoms with van der Waals surface area (Å²) >= 11 is 1.01. The van der Waals surface area contributed by atoms with Crippen LogP contribution in [0.5, 0.6) is 0 Å². The predicted octanol–water partition coefficient (Wildman–Crippen LogP) is 4.31. The summed E-state index contributed by atoms with van der Waals surface area (Å²) in [5, 5.41) is 1.94. The Morgan fingerprint density at radius 3 is 2.54 bits per heavy atom. The Bertz CT molecular complexity index is 1080. The standard InChI is InChI=1S/C22H18N2O3S/c1-23(19-10-9-16-6-2-3-7-17(16)12-19)21(26)18-8-4-5-15(11-18)13-24-20(25)14-28-22(24)27/h2-12H,13-14H2,1H3. The lowest BCUT2D eigenvalue weighted by Crippen LogP contribution is -2.28. The monoisotopic (exact) mass is 390 g/mol. The molecule has 1 aliphatic rings. The first-order valence-electron chi connectivity index (χ1n) is 8.86. The molecule has 3 amide bonds. The fourth-order valence-corrected chi connectivity index (χ4v) is 3.94. The molecule has 0 aromatic heterocycles. The van der Waals surface area contributed by atoms with Gasteiger partial charge in [0.25, 0.3) is 11.1 Å². The van der Waals surface area contributed by atoms with Crippen LogP contribution in [-0.4, -0.2) is 34.8 Å². The Kier molecular flexibility index (Phi) is 4.88. The largest absolute Gasteiger partial charge is 0.311 e. The first-order valence-corrected chi connectivity index (χ1v) is 9.84. The zero-order chi connectivity index (χ0) is 19.7. The van der Waals surface area contributed by atoms with Crippen molar-refractivity contribution in [3.8, 4) is 0 Å². The summed E-state index contributed by atoms with van der Waals surface area (Å²) in [4.78, 5) is 39.4. The van der Waals surface area contributed by atoms with Gasteiger partial charge >= 0.3 is 0 Å². The molecular formula is C22H18N2O3S. The fourth-order valence-electron chi connectivity index (χ4n) is 3.22. The van der Waals surface area contributed by atoms with E-state index < -0.39 is 0 Å². The summed E-state index contributed by atoms with van der Waals surface area (Å²) in [5.74, 6) is -0.159. The van der Waals surface area contributed by atoms with Crippen LogP contribution in [0.1, 0.15) is 15.9 Å². The SMILES string of the molecule is CN(C(=O)c1cccc(CN2C(=O)CSC2=O)c1)c1ccc2ccccc2c1. The molecule has 0 saturated carbocycles. The fraction of sp³-hybridized carbons (Fsp3) is 0.136. The minimum absolute atomic E-state index is 0.148. The summed E-state index contributed by atoms with van der Waals surface area (Å²) in [6.45, 7) is 0.186. The quantitative estimate of drug-likeness (QED) is 0.666. The number of imide groups is 1. The third-order valence-electron chi connectivity index (χ3n) is 4.78. The molecule has 140 valence electrons. The number of carbonyl (C=O) groups is 3. The molecule has 5 nitrogen and oxygen atoms in total. The summed E-state index contributed by atoms with van der Waals surface area (Å²) in [5.41, 5.74) is 2.07. The van der Waals surface area contributed by atoms with Crippen molar-refractivity contribution in [1.82, 2.24) is 4.90 Å². The summed E-state index contributed by atoms with van der Waals surface area (Å²) in [6, 6.07) is 21.0. The number of hydrogen-bond acceptors (Lipinski definition) is 4. The number of anilines is 1. The topological polar surface area (TPSA) is 57.7 Å². The van der Waals surface area contributed by atoms with Gasteiger partial charge in [0.1, 0.15) is 0 Å². The molecule has 1 aliphatic heterocycles. The Balaban J connectivity index is 1.56. The molecule has 1 saturated heterocycles. The smallest absolute Gasteiger partial charge is 0.289 e. The van der Waals surface area contributed by atoms with E-state index >= 15 is 0 Å². The zero-order valence-electron chi connectivity index (χ0n) is 15.3. The molecule has 3 aromatic rings. The van der Waals surface area contributed by atoms with Gasteiger partial charge in [0.05, 0.1) is 12.3 Å². The van der Waals surface area contributed by atoms with Crippen molar-refractivity contribution in [1.29, 1.82) is 0 Å². The van der Waals surface area contributed by atoms with E-state index in [2.05, 4.69) is 0 Å². The Hall–Kier alpha value is -3.12. The molecule has 1 fully saturated rings. The molecule has 4 rings (SSSR count). The summed E-state index contributed by atoms with van der Waals surface area (Å²) < 4.78 is 0. The second kappa shape index (κ2) is 7.48. The lowest BCUT2D eigenvalue weighted by atomic mass is 10.1. The average molecular weight is 390 g/mol. The molecule has 0 aliphatic carbocycles. The molecule has 0 spiro atoms. The van der Waals surface area contributed by atoms with Gasteiger partial charge in [-0.25, -0.2) is 0 Å². The van der Waals surface area contributed by atoms with Crippen molar-refractivity contribution in [3.05, 3.63) is 77.9 Å². The highest BCUT2D eigenvalue weighted by Crippen LogP contribution is 2.24. The highest BCUT2D eigenvalue weighted by Gasteiger charge is 2.29. The molecular weight excluding hydrogens is 372 g/mol. The van der Waals surface area contributed by atoms with Crippen LogP contribution in [0.15, 0.2) is 66.7 Å². The van der Waals surface area contributed by atoms with Crippen molar-refractivity contribution in [2.45, 2.75) is 6.54 Å². The maximum Gasteiger partial charge on any atom is 0.289 e. The molecule has 1 heterocycles. The molecule has 6 heteroatoms. The molecule has 28 heavy (non-hydrogen) atoms. The summed E-state index contributed by atoms with van der Waals surface area (Å²) in [6.07, 6.45) is 0. The lowest BCUT2D eigenvalue weighted by molar-refractivity contribution is -0.125. The van der Waals surface area contributed by atoms with Crippen LogP contribution in [0.4, 0.5) is 10.5 Å². The predicted molar refractivity (Wildman–Crippen MR) is 112 cm³/mol. The molecule has 0 bridgehead atoms. The number of thioether (sulfide) groups is 1. The highest BCUT2D eigenvalue weighted by molar-refractivity contribution is 8.14. The third-order valence-corrected chi connectivity index (χ3v) is 5.64. The number of nitrogens with zero attached hydrogens (tertiary/aromatic N) is 2. The van der Waals surface area contributed by atoms with Gasteiger partial charge in [0, 0.05) is 18.3 Å². The zero-order valence-corrected chi connectivity index (χ0v) is 16.1. The van der Waals surface area contributed by atoms with Crippen molar-refractivity contribution >= 4 is 45.3 Å². The van der Waals surface area contributed by atoms with Gasteiger partial charge < -0.3 is 4.90 Å². The van der Waals surface area contributed by atoms with E-state index in [1.54, 1.807) is 30.1 Å². The van der Waals surface area contributed by atoms with Crippen LogP contribution in [0.2, 0.25) is 0 Å². The minimum Gasteiger partial charge on any atom is -0.311 e. The first-order chi connectivity index (χ1) is 13.5. The number of benzene rings is 3. The maximum atomic E-state index is 13.0. The van der Waals surface area contributed by atoms with Crippen LogP contribution < -0.4 is 4.90 Å². The second-order valence-corrected chi connectivity index (χ2v) is 7.56. The molecule has 0 unspecified atom stereocenters. The van der Waals surface area contributed by atoms with Crippen molar-refractivity contribution in [2.24, 2.45) is 0 Å². The molecule has 0 N–H and O–H groups in total. The second-order valence-electron chi connectivity index (χ2n) is 6.63. The highest BCUT2D eigenvalue weighted by atomic mass is 32.2. The number of amides is 3. The van der Waals surface area contributed by atoms with Crippen molar-refractivity contribution < 1.29 is 14.4 Å². The normalized spacial score (nSPS) is 14.0. The molecule has 3 aromatic carbocycles. The van der Waals surface area contributed by atoms with Gasteiger partial charge in [-0.3, -0.25) is 19.3 Å². The molecule has 0 radical (unpaired) electrons. The average Bonchev–Trinajstić information content (AvgIpc) is 3.04. The van der Waals surface area contributed by atoms with Crippen LogP contribution in [0.25, 0.3) is 10.8 Å². The Morgan fingerprint density at radius 1 is 1.00 bits per heavy atom. The van der Waals surface area contributed by atoms with Gasteiger partial charge in [0.2, 0.25) is 5.91 Å². The third kappa shape index (κ3) is 3.51. The Labute approximate surface area is 166 Å². The van der Waals surface area contributed by atoms with Gasteiger partial charge in [0.15, 0.2) is 0 Å². The van der Waals surface area contributed by atoms with Crippen LogP contribution in [0.3, 0.4) is 0 Å². The van der Waals surface area contributed by atoms with Crippen LogP contribution in [0, 0.1) is 0 Å². The maximum absolute atomic E-state index is 13.0. The van der Waals surface area contributed by atoms with E-state index in [0.29, 0.717) is 5.56 Å². The van der Waals surface area contributed by atoms with Gasteiger partial charge in [-0.05, 0) is 40.6 Å². The van der Waals surface area contributed by atoms with Crippen LogP contribution in [-0.2, 0) is 11.3 Å².